The zero-order valence-corrected chi connectivity index (χ0v) is 14.8. The Kier molecular flexibility index (Phi) is 7.96. The van der Waals surface area contributed by atoms with Gasteiger partial charge in [-0.15, -0.1) is 0 Å². The van der Waals surface area contributed by atoms with Crippen molar-refractivity contribution in [2.75, 3.05) is 6.54 Å². The first kappa shape index (κ1) is 18.7. The molecule has 0 aliphatic heterocycles. The number of benzene rings is 2. The van der Waals surface area contributed by atoms with Crippen molar-refractivity contribution in [1.29, 1.82) is 0 Å². The topological polar surface area (TPSA) is 44.3 Å². The molecule has 3 heteroatoms. The quantitative estimate of drug-likeness (QED) is 0.587. The van der Waals surface area contributed by atoms with Crippen LogP contribution in [0.3, 0.4) is 0 Å². The third-order valence-electron chi connectivity index (χ3n) is 4.07. The van der Waals surface area contributed by atoms with Gasteiger partial charge in [-0.3, -0.25) is 10.6 Å². The van der Waals surface area contributed by atoms with Gasteiger partial charge in [-0.2, -0.15) is 0 Å². The molecule has 0 radical (unpaired) electrons. The maximum absolute atomic E-state index is 10.6. The molecule has 0 heterocycles. The average molecular weight is 326 g/mol. The Labute approximate surface area is 146 Å². The van der Waals surface area contributed by atoms with E-state index in [9.17, 15) is 5.11 Å². The van der Waals surface area contributed by atoms with Crippen LogP contribution in [0.4, 0.5) is 0 Å². The number of rotatable bonds is 10. The Hall–Kier alpha value is -1.68. The van der Waals surface area contributed by atoms with Crippen molar-refractivity contribution in [1.82, 2.24) is 10.6 Å². The highest BCUT2D eigenvalue weighted by molar-refractivity contribution is 5.15. The van der Waals surface area contributed by atoms with Crippen molar-refractivity contribution in [3.8, 4) is 0 Å². The number of aliphatic hydroxyl groups is 1. The first-order chi connectivity index (χ1) is 11.6. The minimum atomic E-state index is -0.423. The summed E-state index contributed by atoms with van der Waals surface area (Å²) < 4.78 is 0. The highest BCUT2D eigenvalue weighted by Gasteiger charge is 2.18. The van der Waals surface area contributed by atoms with E-state index in [1.165, 1.54) is 11.1 Å². The Bertz CT molecular complexity index is 557. The molecule has 0 aliphatic rings. The molecule has 2 aromatic rings. The van der Waals surface area contributed by atoms with Crippen molar-refractivity contribution in [2.45, 2.75) is 45.5 Å². The normalized spacial score (nSPS) is 13.8. The Morgan fingerprint density at radius 2 is 1.42 bits per heavy atom. The lowest BCUT2D eigenvalue weighted by atomic mass is 10.0. The van der Waals surface area contributed by atoms with Crippen LogP contribution in [0.15, 0.2) is 60.7 Å². The molecule has 0 aliphatic carbocycles. The van der Waals surface area contributed by atoms with Gasteiger partial charge in [0.25, 0.3) is 0 Å². The first-order valence-electron chi connectivity index (χ1n) is 8.88. The molecule has 0 saturated carbocycles. The van der Waals surface area contributed by atoms with Gasteiger partial charge in [-0.1, -0.05) is 74.5 Å². The predicted octanol–water partition coefficient (Wildman–Crippen LogP) is 3.34. The van der Waals surface area contributed by atoms with Crippen molar-refractivity contribution in [2.24, 2.45) is 5.92 Å². The van der Waals surface area contributed by atoms with Crippen LogP contribution in [0.5, 0.6) is 0 Å². The number of aryl methyl sites for hydroxylation is 1. The molecular formula is C21H30N2O. The van der Waals surface area contributed by atoms with Gasteiger partial charge < -0.3 is 5.11 Å². The summed E-state index contributed by atoms with van der Waals surface area (Å²) in [7, 11) is 0. The molecular weight excluding hydrogens is 296 g/mol. The lowest BCUT2D eigenvalue weighted by Gasteiger charge is -2.26. The van der Waals surface area contributed by atoms with E-state index in [4.69, 9.17) is 0 Å². The van der Waals surface area contributed by atoms with E-state index in [1.54, 1.807) is 0 Å². The molecule has 2 unspecified atom stereocenters. The molecule has 0 saturated heterocycles. The van der Waals surface area contributed by atoms with Gasteiger partial charge in [-0.05, 0) is 36.4 Å². The van der Waals surface area contributed by atoms with Gasteiger partial charge in [0.2, 0.25) is 0 Å². The van der Waals surface area contributed by atoms with Crippen molar-refractivity contribution >= 4 is 0 Å². The maximum atomic E-state index is 10.6. The number of hydrogen-bond acceptors (Lipinski definition) is 3. The summed E-state index contributed by atoms with van der Waals surface area (Å²) in [6.45, 7) is 5.99. The molecule has 2 rings (SSSR count). The van der Waals surface area contributed by atoms with Crippen LogP contribution < -0.4 is 10.6 Å². The molecule has 0 fully saturated rings. The van der Waals surface area contributed by atoms with E-state index >= 15 is 0 Å². The molecule has 0 bridgehead atoms. The molecule has 0 amide bonds. The lowest BCUT2D eigenvalue weighted by Crippen LogP contribution is -2.51. The summed E-state index contributed by atoms with van der Waals surface area (Å²) in [5.74, 6) is 0.548. The van der Waals surface area contributed by atoms with E-state index in [-0.39, 0.29) is 6.17 Å². The largest absolute Gasteiger partial charge is 0.390 e. The van der Waals surface area contributed by atoms with E-state index in [1.807, 2.05) is 36.4 Å². The molecule has 0 spiro atoms. The summed E-state index contributed by atoms with van der Waals surface area (Å²) in [4.78, 5) is 0. The van der Waals surface area contributed by atoms with E-state index in [2.05, 4.69) is 48.7 Å². The second-order valence-electron chi connectivity index (χ2n) is 6.74. The Morgan fingerprint density at radius 1 is 0.833 bits per heavy atom. The van der Waals surface area contributed by atoms with Crippen LogP contribution in [-0.4, -0.2) is 23.9 Å². The van der Waals surface area contributed by atoms with Crippen molar-refractivity contribution < 1.29 is 5.11 Å². The van der Waals surface area contributed by atoms with Gasteiger partial charge in [0.1, 0.15) is 0 Å². The fraction of sp³-hybridized carbons (Fsp3) is 0.429. The molecule has 2 aromatic carbocycles. The van der Waals surface area contributed by atoms with Crippen LogP contribution in [0.25, 0.3) is 0 Å². The van der Waals surface area contributed by atoms with Gasteiger partial charge in [-0.25, -0.2) is 0 Å². The third-order valence-corrected chi connectivity index (χ3v) is 4.07. The van der Waals surface area contributed by atoms with Crippen LogP contribution in [0.1, 0.15) is 31.4 Å². The molecule has 130 valence electrons. The lowest BCUT2D eigenvalue weighted by molar-refractivity contribution is 0.0995. The summed E-state index contributed by atoms with van der Waals surface area (Å²) in [6, 6.07) is 20.6. The summed E-state index contributed by atoms with van der Waals surface area (Å²) in [5, 5.41) is 17.6. The number of nitrogens with one attached hydrogen (secondary N) is 2. The smallest absolute Gasteiger partial charge is 0.0842 e. The van der Waals surface area contributed by atoms with Gasteiger partial charge in [0.05, 0.1) is 12.3 Å². The summed E-state index contributed by atoms with van der Waals surface area (Å²) in [5.41, 5.74) is 2.49. The maximum Gasteiger partial charge on any atom is 0.0842 e. The molecule has 0 aromatic heterocycles. The monoisotopic (exact) mass is 326 g/mol. The fourth-order valence-electron chi connectivity index (χ4n) is 2.66. The second kappa shape index (κ2) is 10.2. The summed E-state index contributed by atoms with van der Waals surface area (Å²) >= 11 is 0. The van der Waals surface area contributed by atoms with Crippen molar-refractivity contribution in [3.05, 3.63) is 71.8 Å². The number of aliphatic hydroxyl groups excluding tert-OH is 1. The Morgan fingerprint density at radius 3 is 2.00 bits per heavy atom. The van der Waals surface area contributed by atoms with Gasteiger partial charge in [0, 0.05) is 6.54 Å². The molecule has 3 nitrogen and oxygen atoms in total. The number of hydrogen-bond donors (Lipinski definition) is 3. The van der Waals surface area contributed by atoms with Crippen LogP contribution >= 0.6 is 0 Å². The molecule has 2 atom stereocenters. The van der Waals surface area contributed by atoms with Gasteiger partial charge >= 0.3 is 0 Å². The minimum Gasteiger partial charge on any atom is -0.390 e. The van der Waals surface area contributed by atoms with E-state index in [0.29, 0.717) is 5.92 Å². The second-order valence-corrected chi connectivity index (χ2v) is 6.74. The minimum absolute atomic E-state index is 0.101. The fourth-order valence-corrected chi connectivity index (χ4v) is 2.66. The van der Waals surface area contributed by atoms with Crippen molar-refractivity contribution in [3.63, 3.8) is 0 Å². The molecule has 24 heavy (non-hydrogen) atoms. The molecule has 3 N–H and O–H groups in total. The highest BCUT2D eigenvalue weighted by atomic mass is 16.3. The zero-order chi connectivity index (χ0) is 17.2. The standard InChI is InChI=1S/C21H30N2O/c1-17(2)15-22-21(23-16-19-11-7-4-8-12-19)20(24)14-13-18-9-5-3-6-10-18/h3-12,17,20-24H,13-16H2,1-2H3. The first-order valence-corrected chi connectivity index (χ1v) is 8.88. The summed E-state index contributed by atoms with van der Waals surface area (Å²) in [6.07, 6.45) is 1.10. The van der Waals surface area contributed by atoms with Crippen LogP contribution in [-0.2, 0) is 13.0 Å². The predicted molar refractivity (Wildman–Crippen MR) is 101 cm³/mol. The van der Waals surface area contributed by atoms with E-state index in [0.717, 1.165) is 25.9 Å². The van der Waals surface area contributed by atoms with Crippen LogP contribution in [0.2, 0.25) is 0 Å². The SMILES string of the molecule is CC(C)CNC(NCc1ccccc1)C(O)CCc1ccccc1. The third kappa shape index (κ3) is 6.83. The Balaban J connectivity index is 1.88. The average Bonchev–Trinajstić information content (AvgIpc) is 2.61. The zero-order valence-electron chi connectivity index (χ0n) is 14.8. The van der Waals surface area contributed by atoms with Gasteiger partial charge in [0.15, 0.2) is 0 Å². The van der Waals surface area contributed by atoms with E-state index < -0.39 is 6.10 Å². The highest BCUT2D eigenvalue weighted by Crippen LogP contribution is 2.08. The van der Waals surface area contributed by atoms with Crippen LogP contribution in [0, 0.1) is 5.92 Å².